The van der Waals surface area contributed by atoms with Crippen molar-refractivity contribution in [1.29, 1.82) is 0 Å². The lowest BCUT2D eigenvalue weighted by molar-refractivity contribution is 0.0967. The van der Waals surface area contributed by atoms with Gasteiger partial charge in [-0.1, -0.05) is 12.1 Å². The predicted octanol–water partition coefficient (Wildman–Crippen LogP) is 3.45. The summed E-state index contributed by atoms with van der Waals surface area (Å²) >= 11 is 1.49. The topological polar surface area (TPSA) is 80.9 Å². The second kappa shape index (κ2) is 5.58. The average Bonchev–Trinajstić information content (AvgIpc) is 3.03. The summed E-state index contributed by atoms with van der Waals surface area (Å²) in [4.78, 5) is 20.8. The van der Waals surface area contributed by atoms with Crippen molar-refractivity contribution < 1.29 is 4.79 Å². The molecular formula is C18H14N4OS. The number of nitrogens with one attached hydrogen (secondary N) is 1. The lowest BCUT2D eigenvalue weighted by Crippen LogP contribution is -2.15. The van der Waals surface area contributed by atoms with Gasteiger partial charge in [-0.05, 0) is 46.8 Å². The van der Waals surface area contributed by atoms with Crippen LogP contribution in [0.25, 0.3) is 32.1 Å². The van der Waals surface area contributed by atoms with Crippen LogP contribution in [0, 0.1) is 0 Å². The highest BCUT2D eigenvalue weighted by molar-refractivity contribution is 7.20. The summed E-state index contributed by atoms with van der Waals surface area (Å²) in [7, 11) is 1.64. The van der Waals surface area contributed by atoms with Crippen LogP contribution in [0.3, 0.4) is 0 Å². The van der Waals surface area contributed by atoms with Crippen LogP contribution in [-0.4, -0.2) is 22.9 Å². The fourth-order valence-electron chi connectivity index (χ4n) is 2.69. The average molecular weight is 334 g/mol. The molecule has 0 saturated carbocycles. The number of nitrogens with zero attached hydrogens (tertiary/aromatic N) is 2. The molecule has 3 N–H and O–H groups in total. The van der Waals surface area contributed by atoms with Crippen molar-refractivity contribution in [2.75, 3.05) is 12.8 Å². The number of anilines is 1. The number of amides is 1. The Kier molecular flexibility index (Phi) is 3.39. The van der Waals surface area contributed by atoms with E-state index in [9.17, 15) is 4.79 Å². The summed E-state index contributed by atoms with van der Waals surface area (Å²) in [5, 5.41) is 4.66. The van der Waals surface area contributed by atoms with Crippen molar-refractivity contribution in [2.45, 2.75) is 0 Å². The second-order valence-corrected chi connectivity index (χ2v) is 6.53. The van der Waals surface area contributed by atoms with Crippen molar-refractivity contribution in [3.63, 3.8) is 0 Å². The molecule has 0 bridgehead atoms. The zero-order chi connectivity index (χ0) is 16.7. The van der Waals surface area contributed by atoms with Crippen LogP contribution in [0.2, 0.25) is 0 Å². The number of hydrogen-bond acceptors (Lipinski definition) is 5. The number of fused-ring (bicyclic) bond motifs is 2. The maximum Gasteiger partial charge on any atom is 0.261 e. The molecule has 2 aromatic carbocycles. The molecule has 0 saturated heterocycles. The number of hydrogen-bond donors (Lipinski definition) is 2. The van der Waals surface area contributed by atoms with Gasteiger partial charge in [0.2, 0.25) is 5.95 Å². The Hall–Kier alpha value is -2.99. The highest BCUT2D eigenvalue weighted by Gasteiger charge is 2.10. The van der Waals surface area contributed by atoms with E-state index >= 15 is 0 Å². The second-order valence-electron chi connectivity index (χ2n) is 5.44. The standard InChI is InChI=1S/C18H14N4OS/c1-20-17(23)16-8-12-6-11(3-5-15(12)24-16)10-2-4-14-13(7-10)9-21-18(19)22-14/h2-9H,1H3,(H,20,23)(H2,19,21,22). The van der Waals surface area contributed by atoms with Crippen molar-refractivity contribution in [3.05, 3.63) is 53.5 Å². The number of carbonyl (C=O) groups excluding carboxylic acids is 1. The fraction of sp³-hybridized carbons (Fsp3) is 0.0556. The maximum absolute atomic E-state index is 11.8. The maximum atomic E-state index is 11.8. The lowest BCUT2D eigenvalue weighted by Gasteiger charge is -2.04. The van der Waals surface area contributed by atoms with Crippen LogP contribution in [0.5, 0.6) is 0 Å². The molecule has 6 heteroatoms. The number of carbonyl (C=O) groups is 1. The predicted molar refractivity (Wildman–Crippen MR) is 98.2 cm³/mol. The van der Waals surface area contributed by atoms with E-state index in [1.807, 2.05) is 30.3 Å². The van der Waals surface area contributed by atoms with Crippen LogP contribution >= 0.6 is 11.3 Å². The molecule has 0 aliphatic heterocycles. The molecule has 0 atom stereocenters. The van der Waals surface area contributed by atoms with Crippen molar-refractivity contribution in [3.8, 4) is 11.1 Å². The van der Waals surface area contributed by atoms with Crippen LogP contribution in [0.1, 0.15) is 9.67 Å². The Morgan fingerprint density at radius 1 is 1.08 bits per heavy atom. The molecule has 0 radical (unpaired) electrons. The Labute approximate surface area is 142 Å². The Balaban J connectivity index is 1.80. The van der Waals surface area contributed by atoms with E-state index in [1.165, 1.54) is 11.3 Å². The molecule has 0 aliphatic carbocycles. The molecule has 4 rings (SSSR count). The lowest BCUT2D eigenvalue weighted by atomic mass is 10.0. The van der Waals surface area contributed by atoms with E-state index in [2.05, 4.69) is 27.4 Å². The summed E-state index contributed by atoms with van der Waals surface area (Å²) < 4.78 is 1.09. The van der Waals surface area contributed by atoms with Gasteiger partial charge < -0.3 is 11.1 Å². The van der Waals surface area contributed by atoms with Gasteiger partial charge in [-0.2, -0.15) is 0 Å². The summed E-state index contributed by atoms with van der Waals surface area (Å²) in [6.07, 6.45) is 1.73. The van der Waals surface area contributed by atoms with Crippen molar-refractivity contribution in [2.24, 2.45) is 0 Å². The summed E-state index contributed by atoms with van der Waals surface area (Å²) in [5.74, 6) is 0.217. The molecule has 118 valence electrons. The number of nitrogens with two attached hydrogens (primary N) is 1. The van der Waals surface area contributed by atoms with Crippen molar-refractivity contribution >= 4 is 44.2 Å². The minimum Gasteiger partial charge on any atom is -0.368 e. The molecule has 5 nitrogen and oxygen atoms in total. The molecule has 24 heavy (non-hydrogen) atoms. The quantitative estimate of drug-likeness (QED) is 0.588. The number of aromatic nitrogens is 2. The van der Waals surface area contributed by atoms with Gasteiger partial charge in [0.05, 0.1) is 10.4 Å². The first-order valence-electron chi connectivity index (χ1n) is 7.42. The van der Waals surface area contributed by atoms with Gasteiger partial charge >= 0.3 is 0 Å². The highest BCUT2D eigenvalue weighted by Crippen LogP contribution is 2.31. The normalized spacial score (nSPS) is 11.0. The Morgan fingerprint density at radius 2 is 1.83 bits per heavy atom. The van der Waals surface area contributed by atoms with E-state index in [1.54, 1.807) is 13.2 Å². The molecule has 2 heterocycles. The molecule has 0 fully saturated rings. The summed E-state index contributed by atoms with van der Waals surface area (Å²) in [6.45, 7) is 0. The van der Waals surface area contributed by atoms with Gasteiger partial charge in [0.15, 0.2) is 0 Å². The van der Waals surface area contributed by atoms with Gasteiger partial charge in [0.25, 0.3) is 5.91 Å². The number of thiophene rings is 1. The highest BCUT2D eigenvalue weighted by atomic mass is 32.1. The first kappa shape index (κ1) is 14.6. The molecule has 4 aromatic rings. The zero-order valence-corrected chi connectivity index (χ0v) is 13.7. The third kappa shape index (κ3) is 2.47. The summed E-state index contributed by atoms with van der Waals surface area (Å²) in [6, 6.07) is 14.1. The molecule has 0 aliphatic rings. The van der Waals surface area contributed by atoms with Crippen LogP contribution < -0.4 is 11.1 Å². The molecule has 1 amide bonds. The number of benzene rings is 2. The third-order valence-corrected chi connectivity index (χ3v) is 5.01. The monoisotopic (exact) mass is 334 g/mol. The Bertz CT molecular complexity index is 1090. The molecule has 2 aromatic heterocycles. The SMILES string of the molecule is CNC(=O)c1cc2cc(-c3ccc4nc(N)ncc4c3)ccc2s1. The van der Waals surface area contributed by atoms with E-state index in [4.69, 9.17) is 5.73 Å². The minimum absolute atomic E-state index is 0.0572. The largest absolute Gasteiger partial charge is 0.368 e. The van der Waals surface area contributed by atoms with E-state index < -0.39 is 0 Å². The van der Waals surface area contributed by atoms with Gasteiger partial charge in [-0.15, -0.1) is 11.3 Å². The van der Waals surface area contributed by atoms with Crippen LogP contribution in [0.15, 0.2) is 48.7 Å². The Morgan fingerprint density at radius 3 is 2.62 bits per heavy atom. The molecule has 0 spiro atoms. The molecular weight excluding hydrogens is 320 g/mol. The first-order valence-corrected chi connectivity index (χ1v) is 8.24. The van der Waals surface area contributed by atoms with Gasteiger partial charge in [-0.3, -0.25) is 4.79 Å². The molecule has 0 unspecified atom stereocenters. The van der Waals surface area contributed by atoms with Crippen LogP contribution in [0.4, 0.5) is 5.95 Å². The smallest absolute Gasteiger partial charge is 0.261 e. The van der Waals surface area contributed by atoms with E-state index in [0.717, 1.165) is 32.1 Å². The van der Waals surface area contributed by atoms with E-state index in [0.29, 0.717) is 4.88 Å². The minimum atomic E-state index is -0.0572. The van der Waals surface area contributed by atoms with Crippen molar-refractivity contribution in [1.82, 2.24) is 15.3 Å². The fourth-order valence-corrected chi connectivity index (χ4v) is 3.67. The van der Waals surface area contributed by atoms with Gasteiger partial charge in [0, 0.05) is 23.3 Å². The van der Waals surface area contributed by atoms with Gasteiger partial charge in [0.1, 0.15) is 0 Å². The third-order valence-electron chi connectivity index (χ3n) is 3.90. The number of nitrogen functional groups attached to an aromatic ring is 1. The van der Waals surface area contributed by atoms with E-state index in [-0.39, 0.29) is 11.9 Å². The number of rotatable bonds is 2. The zero-order valence-electron chi connectivity index (χ0n) is 12.9. The first-order chi connectivity index (χ1) is 11.6. The van der Waals surface area contributed by atoms with Gasteiger partial charge in [-0.25, -0.2) is 9.97 Å². The van der Waals surface area contributed by atoms with Crippen LogP contribution in [-0.2, 0) is 0 Å². The summed E-state index contributed by atoms with van der Waals surface area (Å²) in [5.41, 5.74) is 8.60.